The summed E-state index contributed by atoms with van der Waals surface area (Å²) in [7, 11) is -1.08. The van der Waals surface area contributed by atoms with Crippen molar-refractivity contribution in [2.45, 2.75) is 37.8 Å². The van der Waals surface area contributed by atoms with Crippen molar-refractivity contribution in [3.8, 4) is 5.75 Å². The smallest absolute Gasteiger partial charge is 0.264 e. The highest BCUT2D eigenvalue weighted by atomic mass is 35.5. The molecule has 0 bridgehead atoms. The Morgan fingerprint density at radius 2 is 1.58 bits per heavy atom. The molecule has 0 aliphatic carbocycles. The molecule has 202 valence electrons. The number of hydrogen-bond acceptors (Lipinski definition) is 5. The molecule has 0 aromatic heterocycles. The molecule has 0 saturated carbocycles. The second-order valence-electron chi connectivity index (χ2n) is 8.71. The van der Waals surface area contributed by atoms with E-state index in [1.807, 2.05) is 6.92 Å². The zero-order valence-electron chi connectivity index (χ0n) is 21.8. The first-order valence-corrected chi connectivity index (χ1v) is 13.9. The molecular weight excluding hydrogens is 526 g/mol. The number of nitrogens with one attached hydrogen (secondary N) is 1. The monoisotopic (exact) mass is 557 g/mol. The summed E-state index contributed by atoms with van der Waals surface area (Å²) >= 11 is 5.98. The van der Waals surface area contributed by atoms with Crippen molar-refractivity contribution in [3.63, 3.8) is 0 Å². The van der Waals surface area contributed by atoms with Gasteiger partial charge >= 0.3 is 0 Å². The van der Waals surface area contributed by atoms with E-state index < -0.39 is 28.5 Å². The second kappa shape index (κ2) is 12.8. The number of amides is 2. The van der Waals surface area contributed by atoms with Crippen LogP contribution in [0, 0.1) is 6.92 Å². The largest absolute Gasteiger partial charge is 0.497 e. The molecule has 3 rings (SSSR count). The van der Waals surface area contributed by atoms with Crippen LogP contribution in [0.4, 0.5) is 5.69 Å². The third-order valence-corrected chi connectivity index (χ3v) is 8.19. The second-order valence-corrected chi connectivity index (χ2v) is 11.0. The van der Waals surface area contributed by atoms with Gasteiger partial charge in [-0.05, 0) is 67.4 Å². The highest BCUT2D eigenvalue weighted by molar-refractivity contribution is 7.92. The fourth-order valence-electron chi connectivity index (χ4n) is 3.99. The molecule has 0 radical (unpaired) electrons. The van der Waals surface area contributed by atoms with Crippen LogP contribution in [-0.2, 0) is 26.2 Å². The fourth-order valence-corrected chi connectivity index (χ4v) is 5.53. The number of rotatable bonds is 11. The van der Waals surface area contributed by atoms with Crippen molar-refractivity contribution in [1.29, 1.82) is 0 Å². The molecule has 0 unspecified atom stereocenters. The standard InChI is InChI=1S/C28H32ClN3O5S/c1-5-26(28(34)30-3)31(18-21-8-14-24(37-4)15-9-21)27(33)19-32(23-12-6-20(2)7-13-23)38(35,36)25-16-10-22(29)11-17-25/h6-17,26H,5,18-19H2,1-4H3,(H,30,34)/t26-/m1/s1. The van der Waals surface area contributed by atoms with Gasteiger partial charge in [-0.2, -0.15) is 0 Å². The summed E-state index contributed by atoms with van der Waals surface area (Å²) in [5.41, 5.74) is 2.04. The van der Waals surface area contributed by atoms with Gasteiger partial charge in [0.25, 0.3) is 10.0 Å². The predicted molar refractivity (Wildman–Crippen MR) is 149 cm³/mol. The van der Waals surface area contributed by atoms with Crippen molar-refractivity contribution in [3.05, 3.63) is 88.9 Å². The third kappa shape index (κ3) is 6.85. The number of anilines is 1. The van der Waals surface area contributed by atoms with Crippen LogP contribution < -0.4 is 14.4 Å². The highest BCUT2D eigenvalue weighted by Gasteiger charge is 2.33. The first kappa shape index (κ1) is 29.0. The van der Waals surface area contributed by atoms with Gasteiger partial charge in [0, 0.05) is 18.6 Å². The molecule has 3 aromatic rings. The number of benzene rings is 3. The number of hydrogen-bond donors (Lipinski definition) is 1. The van der Waals surface area contributed by atoms with Crippen LogP contribution in [0.1, 0.15) is 24.5 Å². The Hall–Kier alpha value is -3.56. The molecule has 8 nitrogen and oxygen atoms in total. The summed E-state index contributed by atoms with van der Waals surface area (Å²) in [6.45, 7) is 3.30. The lowest BCUT2D eigenvalue weighted by Crippen LogP contribution is -2.51. The van der Waals surface area contributed by atoms with E-state index >= 15 is 0 Å². The number of sulfonamides is 1. The van der Waals surface area contributed by atoms with Crippen molar-refractivity contribution in [2.75, 3.05) is 25.0 Å². The van der Waals surface area contributed by atoms with E-state index in [2.05, 4.69) is 5.32 Å². The van der Waals surface area contributed by atoms with Gasteiger partial charge in [-0.25, -0.2) is 8.42 Å². The average molecular weight is 558 g/mol. The molecule has 2 amide bonds. The van der Waals surface area contributed by atoms with Gasteiger partial charge in [0.2, 0.25) is 11.8 Å². The molecular formula is C28H32ClN3O5S. The number of ether oxygens (including phenoxy) is 1. The van der Waals surface area contributed by atoms with Crippen LogP contribution in [0.15, 0.2) is 77.7 Å². The number of likely N-dealkylation sites (N-methyl/N-ethyl adjacent to an activating group) is 1. The summed E-state index contributed by atoms with van der Waals surface area (Å²) in [6.07, 6.45) is 0.343. The van der Waals surface area contributed by atoms with E-state index in [0.29, 0.717) is 22.9 Å². The zero-order chi connectivity index (χ0) is 27.9. The predicted octanol–water partition coefficient (Wildman–Crippen LogP) is 4.41. The maximum absolute atomic E-state index is 13.9. The lowest BCUT2D eigenvalue weighted by Gasteiger charge is -2.33. The van der Waals surface area contributed by atoms with Gasteiger partial charge in [0.15, 0.2) is 0 Å². The van der Waals surface area contributed by atoms with Crippen LogP contribution in [0.25, 0.3) is 0 Å². The lowest BCUT2D eigenvalue weighted by molar-refractivity contribution is -0.140. The minimum absolute atomic E-state index is 0.00433. The summed E-state index contributed by atoms with van der Waals surface area (Å²) in [5, 5.41) is 3.00. The van der Waals surface area contributed by atoms with E-state index in [4.69, 9.17) is 16.3 Å². The molecule has 0 fully saturated rings. The van der Waals surface area contributed by atoms with Gasteiger partial charge in [-0.3, -0.25) is 13.9 Å². The van der Waals surface area contributed by atoms with E-state index in [9.17, 15) is 18.0 Å². The van der Waals surface area contributed by atoms with Crippen LogP contribution in [0.2, 0.25) is 5.02 Å². The highest BCUT2D eigenvalue weighted by Crippen LogP contribution is 2.26. The topological polar surface area (TPSA) is 96.0 Å². The minimum Gasteiger partial charge on any atom is -0.497 e. The first-order chi connectivity index (χ1) is 18.1. The summed E-state index contributed by atoms with van der Waals surface area (Å²) in [6, 6.07) is 19.0. The van der Waals surface area contributed by atoms with Crippen LogP contribution in [0.5, 0.6) is 5.75 Å². The molecule has 1 N–H and O–H groups in total. The Morgan fingerprint density at radius 1 is 0.974 bits per heavy atom. The lowest BCUT2D eigenvalue weighted by atomic mass is 10.1. The number of halogens is 1. The number of nitrogens with zero attached hydrogens (tertiary/aromatic N) is 2. The van der Waals surface area contributed by atoms with Gasteiger partial charge in [-0.15, -0.1) is 0 Å². The van der Waals surface area contributed by atoms with Gasteiger partial charge in [-0.1, -0.05) is 48.4 Å². The fraction of sp³-hybridized carbons (Fsp3) is 0.286. The molecule has 0 spiro atoms. The number of methoxy groups -OCH3 is 1. The van der Waals surface area contributed by atoms with Crippen LogP contribution in [0.3, 0.4) is 0 Å². The van der Waals surface area contributed by atoms with E-state index in [-0.39, 0.29) is 17.3 Å². The number of aryl methyl sites for hydroxylation is 1. The quantitative estimate of drug-likeness (QED) is 0.377. The molecule has 1 atom stereocenters. The summed E-state index contributed by atoms with van der Waals surface area (Å²) in [5.74, 6) is -0.198. The molecule has 0 saturated heterocycles. The summed E-state index contributed by atoms with van der Waals surface area (Å²) in [4.78, 5) is 28.0. The van der Waals surface area contributed by atoms with Crippen molar-refractivity contribution < 1.29 is 22.7 Å². The average Bonchev–Trinajstić information content (AvgIpc) is 2.92. The van der Waals surface area contributed by atoms with Crippen molar-refractivity contribution >= 4 is 39.1 Å². The SMILES string of the molecule is CC[C@H](C(=O)NC)N(Cc1ccc(OC)cc1)C(=O)CN(c1ccc(C)cc1)S(=O)(=O)c1ccc(Cl)cc1. The van der Waals surface area contributed by atoms with Crippen LogP contribution >= 0.6 is 11.6 Å². The van der Waals surface area contributed by atoms with Gasteiger partial charge in [0.05, 0.1) is 17.7 Å². The maximum Gasteiger partial charge on any atom is 0.264 e. The molecule has 0 aliphatic rings. The van der Waals surface area contributed by atoms with E-state index in [1.165, 1.54) is 36.2 Å². The molecule has 0 heterocycles. The molecule has 38 heavy (non-hydrogen) atoms. The third-order valence-electron chi connectivity index (χ3n) is 6.15. The molecule has 10 heteroatoms. The Balaban J connectivity index is 2.03. The zero-order valence-corrected chi connectivity index (χ0v) is 23.4. The van der Waals surface area contributed by atoms with Crippen molar-refractivity contribution in [2.24, 2.45) is 0 Å². The molecule has 3 aromatic carbocycles. The minimum atomic E-state index is -4.14. The summed E-state index contributed by atoms with van der Waals surface area (Å²) < 4.78 is 33.8. The Kier molecular flexibility index (Phi) is 9.77. The van der Waals surface area contributed by atoms with Gasteiger partial charge < -0.3 is 15.0 Å². The first-order valence-electron chi connectivity index (χ1n) is 12.1. The normalized spacial score (nSPS) is 11.9. The molecule has 0 aliphatic heterocycles. The Morgan fingerprint density at radius 3 is 2.11 bits per heavy atom. The Bertz CT molecular complexity index is 1340. The van der Waals surface area contributed by atoms with Crippen LogP contribution in [-0.4, -0.2) is 51.9 Å². The van der Waals surface area contributed by atoms with Crippen molar-refractivity contribution in [1.82, 2.24) is 10.2 Å². The maximum atomic E-state index is 13.9. The van der Waals surface area contributed by atoms with Gasteiger partial charge in [0.1, 0.15) is 18.3 Å². The van der Waals surface area contributed by atoms with E-state index in [1.54, 1.807) is 62.6 Å². The number of carbonyl (C=O) groups is 2. The Labute approximate surface area is 229 Å². The number of carbonyl (C=O) groups excluding carboxylic acids is 2. The van der Waals surface area contributed by atoms with E-state index in [0.717, 1.165) is 15.4 Å².